The monoisotopic (exact) mass is 339 g/mol. The molecule has 1 aromatic carbocycles. The van der Waals surface area contributed by atoms with Gasteiger partial charge in [0.2, 0.25) is 0 Å². The van der Waals surface area contributed by atoms with Gasteiger partial charge in [0.15, 0.2) is 11.5 Å². The second kappa shape index (κ2) is 4.60. The van der Waals surface area contributed by atoms with Crippen LogP contribution in [0.4, 0.5) is 0 Å². The van der Waals surface area contributed by atoms with Crippen molar-refractivity contribution in [1.82, 2.24) is 4.90 Å². The summed E-state index contributed by atoms with van der Waals surface area (Å²) in [7, 11) is 0. The van der Waals surface area contributed by atoms with Gasteiger partial charge in [-0.25, -0.2) is 0 Å². The highest BCUT2D eigenvalue weighted by molar-refractivity contribution is 5.61. The van der Waals surface area contributed by atoms with E-state index in [4.69, 9.17) is 4.74 Å². The van der Waals surface area contributed by atoms with Crippen LogP contribution in [0.1, 0.15) is 37.3 Å². The summed E-state index contributed by atoms with van der Waals surface area (Å²) in [6.07, 6.45) is 8.09. The van der Waals surface area contributed by atoms with E-state index in [1.54, 1.807) is 6.07 Å². The predicted molar refractivity (Wildman–Crippen MR) is 93.8 cm³/mol. The van der Waals surface area contributed by atoms with Crippen LogP contribution in [0.3, 0.4) is 0 Å². The number of phenols is 1. The summed E-state index contributed by atoms with van der Waals surface area (Å²) in [6, 6.07) is 4.97. The molecule has 1 aromatic rings. The Kier molecular flexibility index (Phi) is 2.69. The van der Waals surface area contributed by atoms with Gasteiger partial charge in [-0.3, -0.25) is 4.90 Å². The molecule has 6 rings (SSSR count). The molecule has 1 saturated carbocycles. The van der Waals surface area contributed by atoms with Crippen molar-refractivity contribution in [1.29, 1.82) is 0 Å². The van der Waals surface area contributed by atoms with E-state index in [2.05, 4.69) is 24.0 Å². The molecule has 2 aliphatic heterocycles. The maximum Gasteiger partial charge on any atom is 0.165 e. The van der Waals surface area contributed by atoms with Crippen LogP contribution in [-0.2, 0) is 11.8 Å². The summed E-state index contributed by atoms with van der Waals surface area (Å²) in [4.78, 5) is 2.74. The van der Waals surface area contributed by atoms with Crippen molar-refractivity contribution in [3.63, 3.8) is 0 Å². The van der Waals surface area contributed by atoms with Gasteiger partial charge in [-0.2, -0.15) is 0 Å². The van der Waals surface area contributed by atoms with E-state index in [1.807, 2.05) is 6.08 Å². The van der Waals surface area contributed by atoms with E-state index in [1.165, 1.54) is 24.0 Å². The molecular formula is C21H25NO3. The molecule has 5 aliphatic rings. The van der Waals surface area contributed by atoms with Crippen molar-refractivity contribution in [2.75, 3.05) is 6.54 Å². The lowest BCUT2D eigenvalue weighted by Gasteiger charge is -2.58. The van der Waals surface area contributed by atoms with Gasteiger partial charge in [0, 0.05) is 29.0 Å². The topological polar surface area (TPSA) is 52.9 Å². The first-order valence-corrected chi connectivity index (χ1v) is 9.75. The molecule has 3 aliphatic carbocycles. The van der Waals surface area contributed by atoms with Gasteiger partial charge in [-0.05, 0) is 56.7 Å². The third-order valence-corrected chi connectivity index (χ3v) is 7.74. The van der Waals surface area contributed by atoms with Crippen LogP contribution in [0, 0.1) is 11.8 Å². The molecule has 2 N–H and O–H groups in total. The third kappa shape index (κ3) is 1.65. The molecule has 0 amide bonds. The molecule has 2 heterocycles. The number of phenolic OH excluding ortho intramolecular Hbond substituents is 1. The van der Waals surface area contributed by atoms with E-state index in [-0.39, 0.29) is 17.3 Å². The molecule has 2 fully saturated rings. The van der Waals surface area contributed by atoms with Crippen LogP contribution in [0.25, 0.3) is 0 Å². The SMILES string of the molecule is C[C@H](C1CC1)N1CC[C@]23c4c5ccc(O)c4O[C@H]2[C@@H](O)C=CC3[C@H]1C5. The Morgan fingerprint density at radius 1 is 1.28 bits per heavy atom. The first-order chi connectivity index (χ1) is 12.1. The zero-order valence-electron chi connectivity index (χ0n) is 14.6. The molecule has 1 spiro atoms. The van der Waals surface area contributed by atoms with Crippen molar-refractivity contribution in [3.05, 3.63) is 35.4 Å². The number of hydrogen-bond donors (Lipinski definition) is 2. The summed E-state index contributed by atoms with van der Waals surface area (Å²) in [5.41, 5.74) is 2.34. The zero-order chi connectivity index (χ0) is 16.9. The first kappa shape index (κ1) is 14.6. The molecule has 4 nitrogen and oxygen atoms in total. The predicted octanol–water partition coefficient (Wildman–Crippen LogP) is 2.37. The molecule has 132 valence electrons. The Balaban J connectivity index is 1.54. The summed E-state index contributed by atoms with van der Waals surface area (Å²) >= 11 is 0. The lowest BCUT2D eigenvalue weighted by atomic mass is 9.53. The van der Waals surface area contributed by atoms with Gasteiger partial charge in [0.25, 0.3) is 0 Å². The van der Waals surface area contributed by atoms with E-state index in [0.717, 1.165) is 25.3 Å². The average Bonchev–Trinajstić information content (AvgIpc) is 3.38. The van der Waals surface area contributed by atoms with E-state index >= 15 is 0 Å². The van der Waals surface area contributed by atoms with Gasteiger partial charge < -0.3 is 14.9 Å². The lowest BCUT2D eigenvalue weighted by Crippen LogP contribution is -2.66. The Labute approximate surface area is 148 Å². The second-order valence-corrected chi connectivity index (χ2v) is 8.77. The molecule has 1 unspecified atom stereocenters. The molecule has 0 aromatic heterocycles. The van der Waals surface area contributed by atoms with Gasteiger partial charge in [-0.1, -0.05) is 18.2 Å². The molecule has 0 radical (unpaired) electrons. The number of rotatable bonds is 2. The number of hydrogen-bond acceptors (Lipinski definition) is 4. The summed E-state index contributed by atoms with van der Waals surface area (Å²) in [6.45, 7) is 3.46. The zero-order valence-corrected chi connectivity index (χ0v) is 14.6. The van der Waals surface area contributed by atoms with E-state index in [9.17, 15) is 10.2 Å². The van der Waals surface area contributed by atoms with Crippen LogP contribution in [0.15, 0.2) is 24.3 Å². The smallest absolute Gasteiger partial charge is 0.165 e. The van der Waals surface area contributed by atoms with Gasteiger partial charge in [0.1, 0.15) is 12.2 Å². The lowest BCUT2D eigenvalue weighted by molar-refractivity contribution is -0.0632. The van der Waals surface area contributed by atoms with Crippen LogP contribution in [0.5, 0.6) is 11.5 Å². The minimum Gasteiger partial charge on any atom is -0.504 e. The summed E-state index contributed by atoms with van der Waals surface area (Å²) < 4.78 is 6.21. The number of aromatic hydroxyl groups is 1. The maximum absolute atomic E-state index is 10.6. The first-order valence-electron chi connectivity index (χ1n) is 9.75. The Hall–Kier alpha value is -1.52. The van der Waals surface area contributed by atoms with Crippen LogP contribution >= 0.6 is 0 Å². The quantitative estimate of drug-likeness (QED) is 0.812. The molecule has 4 heteroatoms. The fourth-order valence-electron chi connectivity index (χ4n) is 6.44. The van der Waals surface area contributed by atoms with Crippen molar-refractivity contribution in [2.45, 2.75) is 62.3 Å². The molecular weight excluding hydrogens is 314 g/mol. The van der Waals surface area contributed by atoms with Gasteiger partial charge in [-0.15, -0.1) is 0 Å². The summed E-state index contributed by atoms with van der Waals surface area (Å²) in [5, 5.41) is 21.0. The number of ether oxygens (including phenoxy) is 1. The number of aliphatic hydroxyl groups is 1. The largest absolute Gasteiger partial charge is 0.504 e. The Bertz CT molecular complexity index is 786. The molecule has 2 bridgehead atoms. The number of likely N-dealkylation sites (tertiary alicyclic amines) is 1. The molecule has 1 saturated heterocycles. The minimum absolute atomic E-state index is 0.166. The highest BCUT2D eigenvalue weighted by Gasteiger charge is 2.65. The van der Waals surface area contributed by atoms with E-state index < -0.39 is 6.10 Å². The Morgan fingerprint density at radius 3 is 2.92 bits per heavy atom. The van der Waals surface area contributed by atoms with Crippen molar-refractivity contribution in [3.8, 4) is 11.5 Å². The van der Waals surface area contributed by atoms with Gasteiger partial charge in [0.05, 0.1) is 0 Å². The van der Waals surface area contributed by atoms with E-state index in [0.29, 0.717) is 23.8 Å². The highest BCUT2D eigenvalue weighted by atomic mass is 16.5. The third-order valence-electron chi connectivity index (χ3n) is 7.74. The minimum atomic E-state index is -0.595. The van der Waals surface area contributed by atoms with Crippen LogP contribution in [0.2, 0.25) is 0 Å². The molecule has 25 heavy (non-hydrogen) atoms. The Morgan fingerprint density at radius 2 is 2.12 bits per heavy atom. The normalized spacial score (nSPS) is 42.0. The van der Waals surface area contributed by atoms with Crippen molar-refractivity contribution >= 4 is 0 Å². The number of benzene rings is 1. The fourth-order valence-corrected chi connectivity index (χ4v) is 6.44. The maximum atomic E-state index is 10.6. The fraction of sp³-hybridized carbons (Fsp3) is 0.619. The van der Waals surface area contributed by atoms with Crippen LogP contribution in [-0.4, -0.2) is 45.9 Å². The standard InChI is InChI=1S/C21H25NO3/c1-11(12-2-3-12)22-9-8-21-14-5-7-17(24)20(21)25-19-16(23)6-4-13(18(19)21)10-15(14)22/h4-7,11-12,14-15,17,20,23-24H,2-3,8-10H2,1H3/t11-,14?,15-,17+,20+,21+/m1/s1. The van der Waals surface area contributed by atoms with Crippen molar-refractivity contribution in [2.24, 2.45) is 11.8 Å². The second-order valence-electron chi connectivity index (χ2n) is 8.77. The number of nitrogens with zero attached hydrogens (tertiary/aromatic N) is 1. The average molecular weight is 339 g/mol. The number of aliphatic hydroxyl groups excluding tert-OH is 1. The highest BCUT2D eigenvalue weighted by Crippen LogP contribution is 2.63. The van der Waals surface area contributed by atoms with Crippen LogP contribution < -0.4 is 4.74 Å². The van der Waals surface area contributed by atoms with Gasteiger partial charge >= 0.3 is 0 Å². The summed E-state index contributed by atoms with van der Waals surface area (Å²) in [5.74, 6) is 2.09. The number of piperidine rings is 1. The van der Waals surface area contributed by atoms with Crippen molar-refractivity contribution < 1.29 is 14.9 Å². The molecule has 6 atom stereocenters.